The molecule has 2 aliphatic carbocycles. The second-order valence-electron chi connectivity index (χ2n) is 13.5. The number of carbonyl (C=O) groups is 1. The second kappa shape index (κ2) is 11.5. The molecule has 1 aromatic carbocycles. The van der Waals surface area contributed by atoms with Gasteiger partial charge in [-0.15, -0.1) is 0 Å². The summed E-state index contributed by atoms with van der Waals surface area (Å²) >= 11 is 0. The average molecular weight is 550 g/mol. The Morgan fingerprint density at radius 2 is 1.80 bits per heavy atom. The Labute approximate surface area is 244 Å². The zero-order valence-corrected chi connectivity index (χ0v) is 24.8. The highest BCUT2D eigenvalue weighted by Crippen LogP contribution is 2.39. The first-order chi connectivity index (χ1) is 19.7. The van der Waals surface area contributed by atoms with Crippen molar-refractivity contribution in [2.24, 2.45) is 11.3 Å². The number of likely N-dealkylation sites (tertiary alicyclic amines) is 1. The molecule has 5 nitrogen and oxygen atoms in total. The van der Waals surface area contributed by atoms with Crippen LogP contribution in [0.1, 0.15) is 86.9 Å². The van der Waals surface area contributed by atoms with Gasteiger partial charge in [-0.3, -0.25) is 14.6 Å². The van der Waals surface area contributed by atoms with Gasteiger partial charge in [-0.2, -0.15) is 0 Å². The number of benzene rings is 1. The minimum atomic E-state index is -0.0984. The Hall–Kier alpha value is -3.31. The van der Waals surface area contributed by atoms with Crippen LogP contribution >= 0.6 is 0 Å². The summed E-state index contributed by atoms with van der Waals surface area (Å²) in [5, 5.41) is 0. The van der Waals surface area contributed by atoms with Crippen molar-refractivity contribution in [2.75, 3.05) is 19.6 Å². The minimum Gasteiger partial charge on any atom is -0.328 e. The molecule has 2 atom stereocenters. The van der Waals surface area contributed by atoms with Gasteiger partial charge in [-0.05, 0) is 121 Å². The summed E-state index contributed by atoms with van der Waals surface area (Å²) in [6.45, 7) is 10.4. The summed E-state index contributed by atoms with van der Waals surface area (Å²) in [6, 6.07) is 14.3. The Bertz CT molecular complexity index is 1480. The van der Waals surface area contributed by atoms with E-state index < -0.39 is 0 Å². The van der Waals surface area contributed by atoms with Gasteiger partial charge >= 0.3 is 0 Å². The van der Waals surface area contributed by atoms with E-state index in [0.717, 1.165) is 53.8 Å². The van der Waals surface area contributed by atoms with E-state index in [0.29, 0.717) is 24.2 Å². The molecule has 0 radical (unpaired) electrons. The van der Waals surface area contributed by atoms with Crippen molar-refractivity contribution < 1.29 is 4.79 Å². The normalized spacial score (nSPS) is 19.5. The van der Waals surface area contributed by atoms with Gasteiger partial charge in [-0.1, -0.05) is 45.0 Å². The lowest BCUT2D eigenvalue weighted by Gasteiger charge is -2.34. The molecule has 0 amide bonds. The summed E-state index contributed by atoms with van der Waals surface area (Å²) < 4.78 is 0. The summed E-state index contributed by atoms with van der Waals surface area (Å²) in [7, 11) is 0. The third-order valence-electron chi connectivity index (χ3n) is 9.69. The van der Waals surface area contributed by atoms with Crippen molar-refractivity contribution in [3.8, 4) is 11.1 Å². The van der Waals surface area contributed by atoms with Crippen molar-refractivity contribution in [3.63, 3.8) is 0 Å². The Kier molecular flexibility index (Phi) is 7.82. The van der Waals surface area contributed by atoms with Crippen molar-refractivity contribution in [1.29, 1.82) is 0 Å². The van der Waals surface area contributed by atoms with Crippen LogP contribution in [0, 0.1) is 11.3 Å². The van der Waals surface area contributed by atoms with Gasteiger partial charge in [0.1, 0.15) is 0 Å². The average Bonchev–Trinajstić information content (AvgIpc) is 3.63. The molecule has 3 heterocycles. The van der Waals surface area contributed by atoms with Crippen molar-refractivity contribution in [1.82, 2.24) is 14.9 Å². The monoisotopic (exact) mass is 549 g/mol. The standard InChI is InChI=1S/C36H43N3O2/c1-36(2,3)31-11-12-32-29(20-31)18-28-19-30(21-33(28)38-32)34(40)22-26(14-17-39-15-4-5-16-39)24-6-8-25(9-7-24)27-10-13-35(41)37-23-27/h6-10,13,18-19,23,26,31H,4-5,11-12,14-17,20-22H2,1-3H3,(H,37,41)/t26-,31-/m0/s1. The fourth-order valence-corrected chi connectivity index (χ4v) is 6.95. The smallest absolute Gasteiger partial charge is 0.247 e. The van der Waals surface area contributed by atoms with E-state index in [2.05, 4.69) is 67.1 Å². The molecule has 0 saturated carbocycles. The summed E-state index contributed by atoms with van der Waals surface area (Å²) in [5.41, 5.74) is 9.24. The summed E-state index contributed by atoms with van der Waals surface area (Å²) in [6.07, 6.45) is 11.9. The fraction of sp³-hybridized carbons (Fsp3) is 0.472. The van der Waals surface area contributed by atoms with Gasteiger partial charge in [0.25, 0.3) is 0 Å². The molecular formula is C36H43N3O2. The molecule has 6 rings (SSSR count). The number of H-pyrrole nitrogens is 1. The molecular weight excluding hydrogens is 506 g/mol. The molecule has 0 unspecified atom stereocenters. The largest absolute Gasteiger partial charge is 0.328 e. The van der Waals surface area contributed by atoms with E-state index in [1.54, 1.807) is 12.3 Å². The zero-order chi connectivity index (χ0) is 28.6. The quantitative estimate of drug-likeness (QED) is 0.337. The van der Waals surface area contributed by atoms with Gasteiger partial charge in [0.2, 0.25) is 5.56 Å². The number of hydrogen-bond donors (Lipinski definition) is 1. The lowest BCUT2D eigenvalue weighted by molar-refractivity contribution is -0.116. The van der Waals surface area contributed by atoms with Crippen molar-refractivity contribution in [3.05, 3.63) is 92.7 Å². The highest BCUT2D eigenvalue weighted by Gasteiger charge is 2.31. The number of carbonyl (C=O) groups excluding carboxylic acids is 1. The van der Waals surface area contributed by atoms with E-state index in [4.69, 9.17) is 4.98 Å². The van der Waals surface area contributed by atoms with Gasteiger partial charge in [0, 0.05) is 36.4 Å². The number of rotatable bonds is 8. The Balaban J connectivity index is 1.19. The number of nitrogens with one attached hydrogen (secondary N) is 1. The lowest BCUT2D eigenvalue weighted by atomic mass is 9.71. The molecule has 41 heavy (non-hydrogen) atoms. The highest BCUT2D eigenvalue weighted by atomic mass is 16.1. The van der Waals surface area contributed by atoms with Crippen LogP contribution < -0.4 is 5.56 Å². The van der Waals surface area contributed by atoms with Gasteiger partial charge in [0.15, 0.2) is 5.78 Å². The Morgan fingerprint density at radius 3 is 2.51 bits per heavy atom. The number of nitrogens with zero attached hydrogens (tertiary/aromatic N) is 2. The maximum absolute atomic E-state index is 13.8. The van der Waals surface area contributed by atoms with E-state index in [9.17, 15) is 9.59 Å². The number of aromatic nitrogens is 2. The van der Waals surface area contributed by atoms with Crippen LogP contribution in [-0.4, -0.2) is 40.3 Å². The minimum absolute atomic E-state index is 0.0984. The second-order valence-corrected chi connectivity index (χ2v) is 13.5. The number of allylic oxidation sites excluding steroid dienone is 1. The van der Waals surface area contributed by atoms with Gasteiger partial charge in [0.05, 0.1) is 5.69 Å². The van der Waals surface area contributed by atoms with E-state index in [1.165, 1.54) is 49.2 Å². The van der Waals surface area contributed by atoms with Crippen LogP contribution in [-0.2, 0) is 24.1 Å². The SMILES string of the molecule is CC(C)(C)[C@H]1CCc2nc3c(cc2C1)C=C(C(=O)C[C@H](CCN1CCCC1)c1ccc(-c2ccc(=O)[nH]c2)cc1)C3. The number of fused-ring (bicyclic) bond motifs is 2. The van der Waals surface area contributed by atoms with Gasteiger partial charge in [-0.25, -0.2) is 0 Å². The molecule has 1 fully saturated rings. The first kappa shape index (κ1) is 27.8. The predicted molar refractivity (Wildman–Crippen MR) is 166 cm³/mol. The first-order valence-electron chi connectivity index (χ1n) is 15.5. The molecule has 1 aliphatic heterocycles. The number of Topliss-reactive ketones (excluding diaryl/α,β-unsaturated/α-hetero) is 1. The highest BCUT2D eigenvalue weighted by molar-refractivity contribution is 6.02. The molecule has 1 N–H and O–H groups in total. The number of hydrogen-bond acceptors (Lipinski definition) is 4. The van der Waals surface area contributed by atoms with Crippen LogP contribution in [0.15, 0.2) is 59.0 Å². The van der Waals surface area contributed by atoms with E-state index in [1.807, 2.05) is 6.07 Å². The molecule has 214 valence electrons. The molecule has 0 bridgehead atoms. The maximum Gasteiger partial charge on any atom is 0.247 e. The molecule has 5 heteroatoms. The first-order valence-corrected chi connectivity index (χ1v) is 15.5. The topological polar surface area (TPSA) is 66.1 Å². The summed E-state index contributed by atoms with van der Waals surface area (Å²) in [5.74, 6) is 1.10. The predicted octanol–water partition coefficient (Wildman–Crippen LogP) is 6.76. The lowest BCUT2D eigenvalue weighted by Crippen LogP contribution is -2.27. The maximum atomic E-state index is 13.8. The van der Waals surface area contributed by atoms with Crippen LogP contribution in [0.2, 0.25) is 0 Å². The number of ketones is 1. The molecule has 0 spiro atoms. The Morgan fingerprint density at radius 1 is 1.05 bits per heavy atom. The number of aromatic amines is 1. The van der Waals surface area contributed by atoms with Crippen LogP contribution in [0.4, 0.5) is 0 Å². The number of pyridine rings is 2. The van der Waals surface area contributed by atoms with Gasteiger partial charge < -0.3 is 9.88 Å². The van der Waals surface area contributed by atoms with Crippen molar-refractivity contribution >= 4 is 11.9 Å². The molecule has 3 aromatic rings. The van der Waals surface area contributed by atoms with Crippen LogP contribution in [0.5, 0.6) is 0 Å². The van der Waals surface area contributed by atoms with Crippen LogP contribution in [0.25, 0.3) is 17.2 Å². The zero-order valence-electron chi connectivity index (χ0n) is 24.8. The summed E-state index contributed by atoms with van der Waals surface area (Å²) in [4.78, 5) is 35.6. The molecule has 2 aromatic heterocycles. The molecule has 1 saturated heterocycles. The van der Waals surface area contributed by atoms with E-state index in [-0.39, 0.29) is 17.3 Å². The number of aryl methyl sites for hydroxylation is 1. The van der Waals surface area contributed by atoms with Crippen LogP contribution in [0.3, 0.4) is 0 Å². The van der Waals surface area contributed by atoms with E-state index >= 15 is 0 Å². The third-order valence-corrected chi connectivity index (χ3v) is 9.69. The van der Waals surface area contributed by atoms with Crippen molar-refractivity contribution in [2.45, 2.75) is 78.1 Å². The third kappa shape index (κ3) is 6.30. The molecule has 3 aliphatic rings. The fourth-order valence-electron chi connectivity index (χ4n) is 6.95.